The Morgan fingerprint density at radius 1 is 1.25 bits per heavy atom. The molecule has 0 radical (unpaired) electrons. The molecule has 10 heteroatoms. The minimum Gasteiger partial charge on any atom is -0.493 e. The van der Waals surface area contributed by atoms with E-state index >= 15 is 0 Å². The Bertz CT molecular complexity index is 1390. The average molecular weight is 523 g/mol. The standard InChI is InChI=1S/C26H23FN4O3S2/c27-18-3-1-16-10-19(29-21(16)11-18)12-26(24(32)33)14-36-23(31-26)13-35-25-28-7-5-20(30-25)15-2-4-22-17(9-15)6-8-34-22/h1-5,7,9,11,19,29H,6,8,10,12-14H2,(H,32,33). The number of benzene rings is 2. The number of hydrogen-bond acceptors (Lipinski definition) is 8. The van der Waals surface area contributed by atoms with Gasteiger partial charge in [0, 0.05) is 47.8 Å². The molecule has 3 aliphatic rings. The lowest BCUT2D eigenvalue weighted by atomic mass is 9.92. The first kappa shape index (κ1) is 23.3. The highest BCUT2D eigenvalue weighted by molar-refractivity contribution is 8.16. The first-order valence-electron chi connectivity index (χ1n) is 11.7. The fourth-order valence-corrected chi connectivity index (χ4v) is 6.93. The number of nitrogens with one attached hydrogen (secondary N) is 1. The maximum Gasteiger partial charge on any atom is 0.332 e. The zero-order valence-electron chi connectivity index (χ0n) is 19.2. The maximum atomic E-state index is 13.6. The van der Waals surface area contributed by atoms with Gasteiger partial charge in [0.2, 0.25) is 0 Å². The van der Waals surface area contributed by atoms with E-state index in [1.807, 2.05) is 18.2 Å². The molecule has 1 aromatic heterocycles. The number of fused-ring (bicyclic) bond motifs is 2. The summed E-state index contributed by atoms with van der Waals surface area (Å²) in [5.41, 5.74) is 3.58. The molecule has 0 saturated carbocycles. The number of halogens is 1. The topological polar surface area (TPSA) is 96.7 Å². The highest BCUT2D eigenvalue weighted by Gasteiger charge is 2.45. The van der Waals surface area contributed by atoms with E-state index in [1.165, 1.54) is 41.2 Å². The van der Waals surface area contributed by atoms with Crippen molar-refractivity contribution in [1.82, 2.24) is 9.97 Å². The number of carbonyl (C=O) groups is 1. The van der Waals surface area contributed by atoms with E-state index in [-0.39, 0.29) is 11.9 Å². The molecule has 2 aromatic carbocycles. The van der Waals surface area contributed by atoms with Crippen LogP contribution in [0.2, 0.25) is 0 Å². The number of ether oxygens (including phenoxy) is 1. The predicted molar refractivity (Wildman–Crippen MR) is 140 cm³/mol. The van der Waals surface area contributed by atoms with Crippen molar-refractivity contribution in [2.45, 2.75) is 36.0 Å². The Kier molecular flexibility index (Phi) is 6.08. The van der Waals surface area contributed by atoms with Crippen LogP contribution in [0.25, 0.3) is 11.3 Å². The van der Waals surface area contributed by atoms with Gasteiger partial charge in [-0.05, 0) is 53.9 Å². The second-order valence-electron chi connectivity index (χ2n) is 9.12. The Hall–Kier alpha value is -3.11. The van der Waals surface area contributed by atoms with E-state index in [4.69, 9.17) is 9.72 Å². The highest BCUT2D eigenvalue weighted by Crippen LogP contribution is 2.38. The molecule has 36 heavy (non-hydrogen) atoms. The normalized spacial score (nSPS) is 21.9. The minimum atomic E-state index is -1.20. The van der Waals surface area contributed by atoms with Crippen molar-refractivity contribution in [3.63, 3.8) is 0 Å². The lowest BCUT2D eigenvalue weighted by molar-refractivity contribution is -0.142. The smallest absolute Gasteiger partial charge is 0.332 e. The van der Waals surface area contributed by atoms with E-state index in [0.717, 1.165) is 39.7 Å². The number of thioether (sulfide) groups is 2. The summed E-state index contributed by atoms with van der Waals surface area (Å²) in [6, 6.07) is 12.5. The van der Waals surface area contributed by atoms with E-state index in [2.05, 4.69) is 21.4 Å². The van der Waals surface area contributed by atoms with Gasteiger partial charge >= 0.3 is 5.97 Å². The summed E-state index contributed by atoms with van der Waals surface area (Å²) in [4.78, 5) is 26.1. The van der Waals surface area contributed by atoms with Crippen LogP contribution >= 0.6 is 23.5 Å². The van der Waals surface area contributed by atoms with Gasteiger partial charge in [0.25, 0.3) is 0 Å². The number of rotatable bonds is 7. The van der Waals surface area contributed by atoms with Gasteiger partial charge in [-0.25, -0.2) is 19.2 Å². The number of aliphatic carboxylic acids is 1. The number of aromatic nitrogens is 2. The summed E-state index contributed by atoms with van der Waals surface area (Å²) >= 11 is 2.92. The number of carboxylic acid groups (broad SMARTS) is 1. The van der Waals surface area contributed by atoms with Crippen molar-refractivity contribution in [3.8, 4) is 17.0 Å². The Morgan fingerprint density at radius 2 is 2.17 bits per heavy atom. The number of carboxylic acids is 1. The molecular formula is C26H23FN4O3S2. The third-order valence-electron chi connectivity index (χ3n) is 6.64. The summed E-state index contributed by atoms with van der Waals surface area (Å²) in [7, 11) is 0. The van der Waals surface area contributed by atoms with Crippen molar-refractivity contribution >= 4 is 40.2 Å². The second kappa shape index (κ2) is 9.40. The molecule has 7 nitrogen and oxygen atoms in total. The molecule has 6 rings (SSSR count). The first-order valence-corrected chi connectivity index (χ1v) is 13.7. The van der Waals surface area contributed by atoms with E-state index in [1.54, 1.807) is 12.3 Å². The molecule has 0 amide bonds. The van der Waals surface area contributed by atoms with Crippen LogP contribution in [0.3, 0.4) is 0 Å². The van der Waals surface area contributed by atoms with Gasteiger partial charge in [-0.2, -0.15) is 0 Å². The van der Waals surface area contributed by atoms with Crippen LogP contribution in [0, 0.1) is 5.82 Å². The van der Waals surface area contributed by atoms with Gasteiger partial charge in [-0.1, -0.05) is 17.8 Å². The van der Waals surface area contributed by atoms with Gasteiger partial charge in [0.15, 0.2) is 10.7 Å². The summed E-state index contributed by atoms with van der Waals surface area (Å²) in [5, 5.41) is 14.7. The molecule has 0 spiro atoms. The van der Waals surface area contributed by atoms with Crippen LogP contribution < -0.4 is 10.1 Å². The number of nitrogens with zero attached hydrogens (tertiary/aromatic N) is 3. The third-order valence-corrected chi connectivity index (χ3v) is 8.89. The molecule has 0 aliphatic carbocycles. The largest absolute Gasteiger partial charge is 0.493 e. The average Bonchev–Trinajstić information content (AvgIpc) is 3.61. The predicted octanol–water partition coefficient (Wildman–Crippen LogP) is 4.71. The van der Waals surface area contributed by atoms with E-state index in [0.29, 0.717) is 36.1 Å². The maximum absolute atomic E-state index is 13.6. The summed E-state index contributed by atoms with van der Waals surface area (Å²) < 4.78 is 19.2. The minimum absolute atomic E-state index is 0.105. The van der Waals surface area contributed by atoms with Gasteiger partial charge < -0.3 is 15.2 Å². The van der Waals surface area contributed by atoms with Gasteiger partial charge in [0.05, 0.1) is 17.3 Å². The molecule has 4 heterocycles. The van der Waals surface area contributed by atoms with Crippen molar-refractivity contribution in [2.75, 3.05) is 23.4 Å². The molecular weight excluding hydrogens is 499 g/mol. The molecule has 0 bridgehead atoms. The Morgan fingerprint density at radius 3 is 3.06 bits per heavy atom. The first-order chi connectivity index (χ1) is 17.5. The lowest BCUT2D eigenvalue weighted by Crippen LogP contribution is -2.42. The fraction of sp³-hybridized carbons (Fsp3) is 0.308. The second-order valence-corrected chi connectivity index (χ2v) is 11.1. The lowest BCUT2D eigenvalue weighted by Gasteiger charge is -2.24. The summed E-state index contributed by atoms with van der Waals surface area (Å²) in [6.45, 7) is 0.712. The van der Waals surface area contributed by atoms with Crippen LogP contribution in [0.4, 0.5) is 10.1 Å². The zero-order chi connectivity index (χ0) is 24.7. The molecule has 3 aliphatic heterocycles. The van der Waals surface area contributed by atoms with Crippen molar-refractivity contribution in [1.29, 1.82) is 0 Å². The summed E-state index contributed by atoms with van der Waals surface area (Å²) in [6.07, 6.45) is 3.64. The van der Waals surface area contributed by atoms with Crippen molar-refractivity contribution in [2.24, 2.45) is 4.99 Å². The Labute approximate surface area is 216 Å². The highest BCUT2D eigenvalue weighted by atomic mass is 32.2. The fourth-order valence-electron chi connectivity index (χ4n) is 4.85. The molecule has 2 N–H and O–H groups in total. The van der Waals surface area contributed by atoms with Crippen LogP contribution in [-0.4, -0.2) is 55.8 Å². The molecule has 2 atom stereocenters. The quantitative estimate of drug-likeness (QED) is 0.340. The summed E-state index contributed by atoms with van der Waals surface area (Å²) in [5.74, 6) is 0.575. The van der Waals surface area contributed by atoms with Crippen LogP contribution in [-0.2, 0) is 17.6 Å². The number of hydrogen-bond donors (Lipinski definition) is 2. The van der Waals surface area contributed by atoms with E-state index < -0.39 is 11.5 Å². The van der Waals surface area contributed by atoms with Crippen LogP contribution in [0.15, 0.2) is 58.8 Å². The van der Waals surface area contributed by atoms with Gasteiger partial charge in [-0.15, -0.1) is 11.8 Å². The van der Waals surface area contributed by atoms with E-state index in [9.17, 15) is 14.3 Å². The molecule has 2 unspecified atom stereocenters. The van der Waals surface area contributed by atoms with Crippen molar-refractivity contribution in [3.05, 3.63) is 65.6 Å². The van der Waals surface area contributed by atoms with Crippen LogP contribution in [0.1, 0.15) is 17.5 Å². The third kappa shape index (κ3) is 4.55. The van der Waals surface area contributed by atoms with Gasteiger partial charge in [0.1, 0.15) is 11.6 Å². The number of anilines is 1. The number of aliphatic imine (C=N–C) groups is 1. The molecule has 184 valence electrons. The Balaban J connectivity index is 1.13. The SMILES string of the molecule is O=C(O)C1(CC2Cc3ccc(F)cc3N2)CSC(CSc2nccc(-c3ccc4c(c3)CCO4)n2)=N1. The van der Waals surface area contributed by atoms with Crippen molar-refractivity contribution < 1.29 is 19.0 Å². The monoisotopic (exact) mass is 522 g/mol. The zero-order valence-corrected chi connectivity index (χ0v) is 20.9. The van der Waals surface area contributed by atoms with Gasteiger partial charge in [-0.3, -0.25) is 4.99 Å². The molecule has 0 saturated heterocycles. The van der Waals surface area contributed by atoms with Crippen LogP contribution in [0.5, 0.6) is 5.75 Å². The molecule has 0 fully saturated rings. The molecule has 3 aromatic rings.